The lowest BCUT2D eigenvalue weighted by Crippen LogP contribution is -2.56. The van der Waals surface area contributed by atoms with Gasteiger partial charge in [0, 0.05) is 36.0 Å². The number of aromatic nitrogens is 4. The van der Waals surface area contributed by atoms with Crippen LogP contribution in [0.2, 0.25) is 0 Å². The Labute approximate surface area is 278 Å². The number of aromatic amines is 1. The molecule has 0 saturated heterocycles. The van der Waals surface area contributed by atoms with Crippen LogP contribution >= 0.6 is 12.6 Å². The Morgan fingerprint density at radius 2 is 1.73 bits per heavy atom. The molecule has 19 nitrogen and oxygen atoms in total. The summed E-state index contributed by atoms with van der Waals surface area (Å²) in [6.45, 7) is 0.862. The molecule has 0 bridgehead atoms. The van der Waals surface area contributed by atoms with Gasteiger partial charge in [0.25, 0.3) is 11.5 Å². The van der Waals surface area contributed by atoms with E-state index < -0.39 is 59.9 Å². The number of amides is 4. The molecule has 12 N–H and O–H groups in total. The number of nitrogen functional groups attached to an aromatic ring is 1. The van der Waals surface area contributed by atoms with Crippen molar-refractivity contribution in [3.05, 3.63) is 52.1 Å². The SMILES string of the molecule is C[C@H](CS)NC(=O)[C@H](CO)NC(=O)[C@@H](N)CNC(=O)CC[C@H](NC(=O)c1ccc(NCc2cnc3nc(N)[nH]c(=O)c3n2)cc1)C(=O)O. The second kappa shape index (κ2) is 17.5. The molecule has 2 aromatic heterocycles. The molecule has 0 fully saturated rings. The van der Waals surface area contributed by atoms with Crippen LogP contribution in [0.3, 0.4) is 0 Å². The van der Waals surface area contributed by atoms with Gasteiger partial charge >= 0.3 is 5.97 Å². The number of nitrogens with zero attached hydrogens (tertiary/aromatic N) is 3. The first-order valence-electron chi connectivity index (χ1n) is 14.5. The number of carboxylic acid groups (broad SMARTS) is 1. The van der Waals surface area contributed by atoms with Gasteiger partial charge in [-0.3, -0.25) is 29.0 Å². The van der Waals surface area contributed by atoms with Crippen LogP contribution in [-0.2, 0) is 25.7 Å². The number of aliphatic hydroxyl groups excluding tert-OH is 1. The number of carbonyl (C=O) groups is 5. The second-order valence-electron chi connectivity index (χ2n) is 10.6. The predicted molar refractivity (Wildman–Crippen MR) is 176 cm³/mol. The summed E-state index contributed by atoms with van der Waals surface area (Å²) in [6.07, 6.45) is 0.857. The summed E-state index contributed by atoms with van der Waals surface area (Å²) in [5.41, 5.74) is 12.1. The summed E-state index contributed by atoms with van der Waals surface area (Å²) < 4.78 is 0. The number of nitrogens with one attached hydrogen (secondary N) is 6. The maximum absolute atomic E-state index is 12.7. The lowest BCUT2D eigenvalue weighted by atomic mass is 10.1. The van der Waals surface area contributed by atoms with E-state index in [1.807, 2.05) is 0 Å². The number of carbonyl (C=O) groups excluding carboxylic acids is 4. The second-order valence-corrected chi connectivity index (χ2v) is 10.9. The zero-order valence-corrected chi connectivity index (χ0v) is 26.6. The largest absolute Gasteiger partial charge is 0.480 e. The molecule has 0 unspecified atom stereocenters. The van der Waals surface area contributed by atoms with E-state index in [1.165, 1.54) is 18.3 Å². The maximum Gasteiger partial charge on any atom is 0.326 e. The lowest BCUT2D eigenvalue weighted by molar-refractivity contribution is -0.139. The van der Waals surface area contributed by atoms with Crippen LogP contribution in [0.1, 0.15) is 35.8 Å². The van der Waals surface area contributed by atoms with Gasteiger partial charge in [0.1, 0.15) is 18.1 Å². The average molecular weight is 688 g/mol. The number of fused-ring (bicyclic) bond motifs is 1. The van der Waals surface area contributed by atoms with Crippen molar-refractivity contribution in [1.82, 2.24) is 41.2 Å². The summed E-state index contributed by atoms with van der Waals surface area (Å²) in [5.74, 6) is -3.85. The van der Waals surface area contributed by atoms with E-state index in [0.717, 1.165) is 0 Å². The molecule has 1 aromatic carbocycles. The molecule has 4 amide bonds. The Hall–Kier alpha value is -5.34. The van der Waals surface area contributed by atoms with Crippen molar-refractivity contribution < 1.29 is 34.2 Å². The fraction of sp³-hybridized carbons (Fsp3) is 0.393. The fourth-order valence-corrected chi connectivity index (χ4v) is 4.12. The van der Waals surface area contributed by atoms with Gasteiger partial charge in [0.15, 0.2) is 11.2 Å². The highest BCUT2D eigenvalue weighted by atomic mass is 32.1. The summed E-state index contributed by atoms with van der Waals surface area (Å²) >= 11 is 4.05. The molecule has 48 heavy (non-hydrogen) atoms. The maximum atomic E-state index is 12.7. The van der Waals surface area contributed by atoms with Gasteiger partial charge in [0.05, 0.1) is 25.0 Å². The molecule has 4 atom stereocenters. The van der Waals surface area contributed by atoms with E-state index >= 15 is 0 Å². The number of carboxylic acids is 1. The highest BCUT2D eigenvalue weighted by Crippen LogP contribution is 2.12. The van der Waals surface area contributed by atoms with Crippen molar-refractivity contribution in [3.8, 4) is 0 Å². The first-order chi connectivity index (χ1) is 22.8. The summed E-state index contributed by atoms with van der Waals surface area (Å²) in [4.78, 5) is 88.0. The number of nitrogens with two attached hydrogens (primary N) is 2. The smallest absolute Gasteiger partial charge is 0.326 e. The number of aliphatic hydroxyl groups is 1. The van der Waals surface area contributed by atoms with Gasteiger partial charge in [0.2, 0.25) is 23.7 Å². The monoisotopic (exact) mass is 687 g/mol. The normalized spacial score (nSPS) is 13.4. The molecule has 0 saturated carbocycles. The van der Waals surface area contributed by atoms with Crippen LogP contribution in [0.4, 0.5) is 11.6 Å². The Morgan fingerprint density at radius 1 is 1.02 bits per heavy atom. The number of rotatable bonds is 17. The number of hydrogen-bond donors (Lipinski definition) is 11. The Kier molecular flexibility index (Phi) is 13.6. The average Bonchev–Trinajstić information content (AvgIpc) is 3.06. The molecular formula is C28H37N11O8S. The van der Waals surface area contributed by atoms with Gasteiger partial charge in [-0.05, 0) is 37.6 Å². The number of H-pyrrole nitrogens is 1. The number of anilines is 2. The van der Waals surface area contributed by atoms with Crippen LogP contribution in [-0.4, -0.2) is 103 Å². The molecule has 3 aromatic rings. The fourth-order valence-electron chi connectivity index (χ4n) is 4.03. The molecule has 2 heterocycles. The molecule has 20 heteroatoms. The Balaban J connectivity index is 1.45. The zero-order chi connectivity index (χ0) is 35.4. The van der Waals surface area contributed by atoms with Crippen molar-refractivity contribution in [2.75, 3.05) is 30.0 Å². The van der Waals surface area contributed by atoms with Gasteiger partial charge in [-0.2, -0.15) is 17.6 Å². The molecule has 0 aliphatic rings. The number of benzene rings is 1. The highest BCUT2D eigenvalue weighted by Gasteiger charge is 2.25. The molecule has 0 aliphatic carbocycles. The number of thiol groups is 1. The van der Waals surface area contributed by atoms with Gasteiger partial charge < -0.3 is 48.3 Å². The van der Waals surface area contributed by atoms with Crippen molar-refractivity contribution in [2.45, 2.75) is 50.5 Å². The third-order valence-electron chi connectivity index (χ3n) is 6.70. The van der Waals surface area contributed by atoms with Crippen LogP contribution in [0.5, 0.6) is 0 Å². The van der Waals surface area contributed by atoms with Crippen molar-refractivity contribution in [1.29, 1.82) is 0 Å². The highest BCUT2D eigenvalue weighted by molar-refractivity contribution is 7.80. The van der Waals surface area contributed by atoms with E-state index in [-0.39, 0.29) is 54.6 Å². The quantitative estimate of drug-likeness (QED) is 0.0640. The topological polar surface area (TPSA) is 310 Å². The molecule has 0 spiro atoms. The van der Waals surface area contributed by atoms with Crippen LogP contribution in [0, 0.1) is 0 Å². The standard InChI is InChI=1S/C28H37N11O8S/c1-13(12-48)34-25(44)19(11-40)37-24(43)17(29)10-32-20(41)7-6-18(27(46)47)36-23(42)14-2-4-15(5-3-14)31-8-16-9-33-22-21(35-16)26(45)39-28(30)38-22/h2-5,9,13,17-19,31,40,48H,6-8,10-12,29H2,1H3,(H,32,41)(H,34,44)(H,36,42)(H,37,43)(H,46,47)(H3,30,33,38,39,45)/t13-,17+,18+,19+/m1/s1. The van der Waals surface area contributed by atoms with Gasteiger partial charge in [-0.1, -0.05) is 0 Å². The van der Waals surface area contributed by atoms with E-state index in [2.05, 4.69) is 59.1 Å². The van der Waals surface area contributed by atoms with E-state index in [0.29, 0.717) is 17.1 Å². The van der Waals surface area contributed by atoms with Crippen molar-refractivity contribution in [3.63, 3.8) is 0 Å². The van der Waals surface area contributed by atoms with Gasteiger partial charge in [-0.25, -0.2) is 14.8 Å². The Morgan fingerprint density at radius 3 is 2.38 bits per heavy atom. The predicted octanol–water partition coefficient (Wildman–Crippen LogP) is -2.77. The van der Waals surface area contributed by atoms with Gasteiger partial charge in [-0.15, -0.1) is 0 Å². The molecule has 3 rings (SSSR count). The molecule has 0 radical (unpaired) electrons. The minimum absolute atomic E-state index is 0.0295. The van der Waals surface area contributed by atoms with Crippen LogP contribution in [0.25, 0.3) is 11.2 Å². The van der Waals surface area contributed by atoms with Crippen molar-refractivity contribution in [2.24, 2.45) is 5.73 Å². The van der Waals surface area contributed by atoms with E-state index in [4.69, 9.17) is 11.5 Å². The lowest BCUT2D eigenvalue weighted by Gasteiger charge is -2.21. The zero-order valence-electron chi connectivity index (χ0n) is 25.7. The Bertz CT molecular complexity index is 1690. The minimum atomic E-state index is -1.40. The first-order valence-corrected chi connectivity index (χ1v) is 15.2. The molecular weight excluding hydrogens is 650 g/mol. The molecule has 258 valence electrons. The van der Waals surface area contributed by atoms with Crippen molar-refractivity contribution >= 4 is 65.0 Å². The first kappa shape index (κ1) is 37.1. The molecule has 0 aliphatic heterocycles. The number of hydrogen-bond acceptors (Lipinski definition) is 14. The van der Waals surface area contributed by atoms with E-state index in [9.17, 15) is 39.0 Å². The summed E-state index contributed by atoms with van der Waals surface area (Å²) in [5, 5.41) is 31.7. The van der Waals surface area contributed by atoms with E-state index in [1.54, 1.807) is 19.1 Å². The minimum Gasteiger partial charge on any atom is -0.480 e. The summed E-state index contributed by atoms with van der Waals surface area (Å²) in [6, 6.07) is 1.86. The number of aliphatic carboxylic acids is 1. The third-order valence-corrected chi connectivity index (χ3v) is 7.25. The summed E-state index contributed by atoms with van der Waals surface area (Å²) in [7, 11) is 0. The third kappa shape index (κ3) is 10.9. The van der Waals surface area contributed by atoms with Crippen LogP contribution < -0.4 is 43.6 Å². The van der Waals surface area contributed by atoms with Crippen LogP contribution in [0.15, 0.2) is 35.3 Å².